The monoisotopic (exact) mass is 863 g/mol. The predicted molar refractivity (Wildman–Crippen MR) is 261 cm³/mol. The summed E-state index contributed by atoms with van der Waals surface area (Å²) < 4.78 is 16.8. The van der Waals surface area contributed by atoms with E-state index in [1.807, 2.05) is 0 Å². The van der Waals surface area contributed by atoms with Crippen LogP contribution in [0.2, 0.25) is 0 Å². The van der Waals surface area contributed by atoms with Crippen molar-refractivity contribution in [1.82, 2.24) is 0 Å². The first kappa shape index (κ1) is 59.4. The molecule has 362 valence electrons. The van der Waals surface area contributed by atoms with Crippen LogP contribution in [0.4, 0.5) is 0 Å². The van der Waals surface area contributed by atoms with Crippen molar-refractivity contribution >= 4 is 17.9 Å². The number of hydrogen-bond donors (Lipinski definition) is 0. The smallest absolute Gasteiger partial charge is 0.306 e. The van der Waals surface area contributed by atoms with Crippen molar-refractivity contribution in [3.8, 4) is 0 Å². The number of esters is 3. The summed E-state index contributed by atoms with van der Waals surface area (Å²) in [6, 6.07) is 0. The van der Waals surface area contributed by atoms with Gasteiger partial charge in [-0.1, -0.05) is 272 Å². The predicted octanol–water partition coefficient (Wildman–Crippen LogP) is 17.8. The fourth-order valence-corrected chi connectivity index (χ4v) is 8.39. The molecule has 0 aliphatic rings. The zero-order chi connectivity index (χ0) is 44.5. The molecule has 0 spiro atoms. The van der Waals surface area contributed by atoms with Gasteiger partial charge in [0.15, 0.2) is 6.10 Å². The molecule has 0 heterocycles. The summed E-state index contributed by atoms with van der Waals surface area (Å²) >= 11 is 0. The van der Waals surface area contributed by atoms with Crippen molar-refractivity contribution < 1.29 is 28.6 Å². The fraction of sp³-hybridized carbons (Fsp3) is 0.945. The molecular weight excluding hydrogens is 757 g/mol. The molecule has 0 aromatic heterocycles. The van der Waals surface area contributed by atoms with Gasteiger partial charge in [-0.3, -0.25) is 14.4 Å². The van der Waals surface area contributed by atoms with E-state index in [1.54, 1.807) is 0 Å². The van der Waals surface area contributed by atoms with Crippen LogP contribution in [-0.2, 0) is 28.6 Å². The van der Waals surface area contributed by atoms with Gasteiger partial charge in [0.25, 0.3) is 0 Å². The second-order valence-electron chi connectivity index (χ2n) is 19.3. The highest BCUT2D eigenvalue weighted by Gasteiger charge is 2.19. The first-order chi connectivity index (χ1) is 29.9. The van der Waals surface area contributed by atoms with Gasteiger partial charge in [0.1, 0.15) is 13.2 Å². The standard InChI is InChI=1S/C55H106O6/c1-5-7-9-11-13-15-17-19-20-21-22-23-24-26-32-36-40-44-48-55(58)61-52(49-59-53(56)46-42-38-34-30-25-18-16-14-12-10-8-6-2)50-60-54(57)47-43-39-35-31-28-27-29-33-37-41-45-51(3)4/h51-52H,5-50H2,1-4H3/t52-/m0/s1. The van der Waals surface area contributed by atoms with Gasteiger partial charge < -0.3 is 14.2 Å². The van der Waals surface area contributed by atoms with Crippen LogP contribution in [0.5, 0.6) is 0 Å². The van der Waals surface area contributed by atoms with Crippen molar-refractivity contribution in [1.29, 1.82) is 0 Å². The molecule has 1 atom stereocenters. The van der Waals surface area contributed by atoms with Crippen molar-refractivity contribution in [3.05, 3.63) is 0 Å². The lowest BCUT2D eigenvalue weighted by Crippen LogP contribution is -2.30. The van der Waals surface area contributed by atoms with Gasteiger partial charge in [0, 0.05) is 19.3 Å². The number of carbonyl (C=O) groups is 3. The minimum absolute atomic E-state index is 0.0625. The van der Waals surface area contributed by atoms with E-state index in [9.17, 15) is 14.4 Å². The molecule has 0 unspecified atom stereocenters. The fourth-order valence-electron chi connectivity index (χ4n) is 8.39. The molecule has 0 aliphatic heterocycles. The number of carbonyl (C=O) groups excluding carboxylic acids is 3. The van der Waals surface area contributed by atoms with Gasteiger partial charge in [-0.2, -0.15) is 0 Å². The lowest BCUT2D eigenvalue weighted by Gasteiger charge is -2.18. The number of hydrogen-bond acceptors (Lipinski definition) is 6. The maximum Gasteiger partial charge on any atom is 0.306 e. The normalized spacial score (nSPS) is 12.0. The molecule has 0 saturated heterocycles. The minimum atomic E-state index is -0.761. The molecule has 0 radical (unpaired) electrons. The van der Waals surface area contributed by atoms with Crippen molar-refractivity contribution in [2.75, 3.05) is 13.2 Å². The molecule has 61 heavy (non-hydrogen) atoms. The van der Waals surface area contributed by atoms with Crippen LogP contribution in [0.15, 0.2) is 0 Å². The molecule has 0 fully saturated rings. The van der Waals surface area contributed by atoms with Gasteiger partial charge in [-0.25, -0.2) is 0 Å². The first-order valence-electron chi connectivity index (χ1n) is 27.4. The average molecular weight is 863 g/mol. The second-order valence-corrected chi connectivity index (χ2v) is 19.3. The number of unbranched alkanes of at least 4 members (excludes halogenated alkanes) is 37. The Morgan fingerprint density at radius 1 is 0.311 bits per heavy atom. The summed E-state index contributed by atoms with van der Waals surface area (Å²) in [7, 11) is 0. The molecule has 0 amide bonds. The molecule has 6 heteroatoms. The van der Waals surface area contributed by atoms with E-state index >= 15 is 0 Å². The van der Waals surface area contributed by atoms with E-state index < -0.39 is 6.10 Å². The summed E-state index contributed by atoms with van der Waals surface area (Å²) in [5.41, 5.74) is 0. The quantitative estimate of drug-likeness (QED) is 0.0344. The molecule has 0 aromatic carbocycles. The molecule has 0 saturated carbocycles. The summed E-state index contributed by atoms with van der Waals surface area (Å²) in [6.45, 7) is 9.03. The molecular formula is C55H106O6. The molecule has 0 bridgehead atoms. The number of rotatable bonds is 50. The van der Waals surface area contributed by atoms with Crippen LogP contribution in [-0.4, -0.2) is 37.2 Å². The van der Waals surface area contributed by atoms with Crippen molar-refractivity contribution in [2.45, 2.75) is 316 Å². The third-order valence-electron chi connectivity index (χ3n) is 12.5. The highest BCUT2D eigenvalue weighted by Crippen LogP contribution is 2.17. The SMILES string of the molecule is CCCCCCCCCCCCCCCCCCCCC(=O)O[C@@H](COC(=O)CCCCCCCCCCCCCC)COC(=O)CCCCCCCCCCCCC(C)C. The van der Waals surface area contributed by atoms with Gasteiger partial charge >= 0.3 is 17.9 Å². The molecule has 0 aromatic rings. The molecule has 0 N–H and O–H groups in total. The van der Waals surface area contributed by atoms with E-state index in [2.05, 4.69) is 27.7 Å². The van der Waals surface area contributed by atoms with Gasteiger partial charge in [0.2, 0.25) is 0 Å². The highest BCUT2D eigenvalue weighted by molar-refractivity contribution is 5.71. The minimum Gasteiger partial charge on any atom is -0.462 e. The Kier molecular flexibility index (Phi) is 48.1. The summed E-state index contributed by atoms with van der Waals surface area (Å²) in [5, 5.41) is 0. The summed E-state index contributed by atoms with van der Waals surface area (Å²) in [5.74, 6) is -0.0225. The maximum atomic E-state index is 12.8. The van der Waals surface area contributed by atoms with Crippen LogP contribution >= 0.6 is 0 Å². The Morgan fingerprint density at radius 3 is 0.803 bits per heavy atom. The van der Waals surface area contributed by atoms with Crippen molar-refractivity contribution in [3.63, 3.8) is 0 Å². The second kappa shape index (κ2) is 49.4. The van der Waals surface area contributed by atoms with Crippen LogP contribution in [0.25, 0.3) is 0 Å². The van der Waals surface area contributed by atoms with Crippen LogP contribution in [0.1, 0.15) is 310 Å². The number of ether oxygens (including phenoxy) is 3. The maximum absolute atomic E-state index is 12.8. The van der Waals surface area contributed by atoms with E-state index in [-0.39, 0.29) is 31.1 Å². The lowest BCUT2D eigenvalue weighted by atomic mass is 10.0. The van der Waals surface area contributed by atoms with E-state index in [0.717, 1.165) is 63.7 Å². The zero-order valence-corrected chi connectivity index (χ0v) is 41.6. The van der Waals surface area contributed by atoms with Crippen molar-refractivity contribution in [2.24, 2.45) is 5.92 Å². The largest absolute Gasteiger partial charge is 0.462 e. The highest BCUT2D eigenvalue weighted by atomic mass is 16.6. The zero-order valence-electron chi connectivity index (χ0n) is 41.6. The van der Waals surface area contributed by atoms with Gasteiger partial charge in [0.05, 0.1) is 0 Å². The Balaban J connectivity index is 4.28. The van der Waals surface area contributed by atoms with E-state index in [4.69, 9.17) is 14.2 Å². The third kappa shape index (κ3) is 49.3. The van der Waals surface area contributed by atoms with Gasteiger partial charge in [-0.15, -0.1) is 0 Å². The average Bonchev–Trinajstić information content (AvgIpc) is 3.24. The Labute approximate surface area is 380 Å². The van der Waals surface area contributed by atoms with Crippen LogP contribution < -0.4 is 0 Å². The van der Waals surface area contributed by atoms with Crippen LogP contribution in [0, 0.1) is 5.92 Å². The topological polar surface area (TPSA) is 78.9 Å². The lowest BCUT2D eigenvalue weighted by molar-refractivity contribution is -0.167. The van der Waals surface area contributed by atoms with E-state index in [0.29, 0.717) is 19.3 Å². The molecule has 0 rings (SSSR count). The summed E-state index contributed by atoms with van der Waals surface area (Å²) in [6.07, 6.45) is 52.3. The van der Waals surface area contributed by atoms with Gasteiger partial charge in [-0.05, 0) is 25.2 Å². The Hall–Kier alpha value is -1.59. The molecule has 6 nitrogen and oxygen atoms in total. The van der Waals surface area contributed by atoms with Crippen LogP contribution in [0.3, 0.4) is 0 Å². The Morgan fingerprint density at radius 2 is 0.541 bits per heavy atom. The Bertz CT molecular complexity index is 918. The summed E-state index contributed by atoms with van der Waals surface area (Å²) in [4.78, 5) is 38.0. The first-order valence-corrected chi connectivity index (χ1v) is 27.4. The third-order valence-corrected chi connectivity index (χ3v) is 12.5. The van der Waals surface area contributed by atoms with E-state index in [1.165, 1.54) is 205 Å². The molecule has 0 aliphatic carbocycles.